The summed E-state index contributed by atoms with van der Waals surface area (Å²) in [5.74, 6) is 0.588. The third kappa shape index (κ3) is 7.48. The second-order valence-electron chi connectivity index (χ2n) is 6.29. The van der Waals surface area contributed by atoms with Gasteiger partial charge in [0.1, 0.15) is 0 Å². The van der Waals surface area contributed by atoms with E-state index < -0.39 is 14.9 Å². The van der Waals surface area contributed by atoms with Crippen LogP contribution in [0.15, 0.2) is 34.2 Å². The van der Waals surface area contributed by atoms with E-state index >= 15 is 0 Å². The fourth-order valence-corrected chi connectivity index (χ4v) is 2.92. The van der Waals surface area contributed by atoms with Gasteiger partial charge in [0.25, 0.3) is 5.69 Å². The summed E-state index contributed by atoms with van der Waals surface area (Å²) in [5, 5.41) is 17.0. The highest BCUT2D eigenvalue weighted by atomic mass is 32.2. The Morgan fingerprint density at radius 2 is 2.00 bits per heavy atom. The molecule has 0 aliphatic carbocycles. The normalized spacial score (nSPS) is 12.7. The Bertz CT molecular complexity index is 726. The van der Waals surface area contributed by atoms with E-state index in [-0.39, 0.29) is 29.2 Å². The first-order valence-corrected chi connectivity index (χ1v) is 9.34. The predicted octanol–water partition coefficient (Wildman–Crippen LogP) is 1.23. The van der Waals surface area contributed by atoms with Gasteiger partial charge < -0.3 is 10.6 Å². The van der Waals surface area contributed by atoms with Gasteiger partial charge in [-0.05, 0) is 33.8 Å². The number of aliphatic imine (C=N–C) groups is 1. The molecule has 0 fully saturated rings. The molecule has 0 spiro atoms. The van der Waals surface area contributed by atoms with Crippen molar-refractivity contribution in [1.29, 1.82) is 0 Å². The number of nitro benzene ring substituents is 1. The Morgan fingerprint density at radius 3 is 2.56 bits per heavy atom. The van der Waals surface area contributed by atoms with Gasteiger partial charge in [0.05, 0.1) is 16.4 Å². The van der Waals surface area contributed by atoms with E-state index in [4.69, 9.17) is 0 Å². The van der Waals surface area contributed by atoms with E-state index in [1.807, 2.05) is 27.7 Å². The summed E-state index contributed by atoms with van der Waals surface area (Å²) in [6.07, 6.45) is 0. The maximum atomic E-state index is 12.2. The van der Waals surface area contributed by atoms with Crippen LogP contribution in [0.1, 0.15) is 27.7 Å². The van der Waals surface area contributed by atoms with Crippen LogP contribution in [-0.2, 0) is 10.0 Å². The molecular formula is C15H25N5O4S. The Balaban J connectivity index is 2.71. The molecular weight excluding hydrogens is 346 g/mol. The molecule has 10 heteroatoms. The summed E-state index contributed by atoms with van der Waals surface area (Å²) in [6, 6.07) is 4.91. The summed E-state index contributed by atoms with van der Waals surface area (Å²) in [6.45, 7) is 8.89. The minimum absolute atomic E-state index is 0.0751. The van der Waals surface area contributed by atoms with Crippen molar-refractivity contribution in [3.63, 3.8) is 0 Å². The molecule has 0 aliphatic rings. The molecule has 0 saturated carbocycles. The van der Waals surface area contributed by atoms with Crippen LogP contribution in [0.2, 0.25) is 0 Å². The molecule has 0 atom stereocenters. The van der Waals surface area contributed by atoms with Gasteiger partial charge in [-0.25, -0.2) is 13.1 Å². The summed E-state index contributed by atoms with van der Waals surface area (Å²) >= 11 is 0. The fourth-order valence-electron chi connectivity index (χ4n) is 1.86. The van der Waals surface area contributed by atoms with E-state index in [1.54, 1.807) is 0 Å². The first-order chi connectivity index (χ1) is 11.5. The Hall–Kier alpha value is -2.20. The van der Waals surface area contributed by atoms with Crippen LogP contribution < -0.4 is 15.4 Å². The van der Waals surface area contributed by atoms with Gasteiger partial charge in [0, 0.05) is 30.8 Å². The number of nitrogens with zero attached hydrogens (tertiary/aromatic N) is 2. The topological polar surface area (TPSA) is 126 Å². The van der Waals surface area contributed by atoms with Gasteiger partial charge in [-0.3, -0.25) is 15.1 Å². The lowest BCUT2D eigenvalue weighted by atomic mass is 10.1. The number of benzene rings is 1. The van der Waals surface area contributed by atoms with Crippen LogP contribution in [0.3, 0.4) is 0 Å². The molecule has 0 bridgehead atoms. The third-order valence-corrected chi connectivity index (χ3v) is 4.31. The van der Waals surface area contributed by atoms with Crippen LogP contribution in [0.25, 0.3) is 0 Å². The van der Waals surface area contributed by atoms with Crippen molar-refractivity contribution < 1.29 is 13.3 Å². The minimum Gasteiger partial charge on any atom is -0.357 e. The van der Waals surface area contributed by atoms with Crippen molar-refractivity contribution in [2.45, 2.75) is 38.1 Å². The van der Waals surface area contributed by atoms with Crippen molar-refractivity contribution in [3.8, 4) is 0 Å². The Labute approximate surface area is 148 Å². The number of non-ortho nitro benzene ring substituents is 1. The fraction of sp³-hybridized carbons (Fsp3) is 0.533. The lowest BCUT2D eigenvalue weighted by molar-refractivity contribution is -0.385. The van der Waals surface area contributed by atoms with Gasteiger partial charge in [0.15, 0.2) is 5.96 Å². The standard InChI is InChI=1S/C15H25N5O4S/c1-5-16-14(19-15(2,3)4)17-9-10-18-25(23,24)13-8-6-7-12(11-13)20(21)22/h6-8,11,18H,5,9-10H2,1-4H3,(H2,16,17,19). The lowest BCUT2D eigenvalue weighted by Gasteiger charge is -2.23. The van der Waals surface area contributed by atoms with E-state index in [1.165, 1.54) is 18.2 Å². The van der Waals surface area contributed by atoms with Crippen LogP contribution in [0.4, 0.5) is 5.69 Å². The lowest BCUT2D eigenvalue weighted by Crippen LogP contribution is -2.47. The first-order valence-electron chi connectivity index (χ1n) is 7.86. The number of hydrogen-bond donors (Lipinski definition) is 3. The van der Waals surface area contributed by atoms with Gasteiger partial charge in [-0.1, -0.05) is 6.07 Å². The number of nitrogens with one attached hydrogen (secondary N) is 3. The molecule has 0 amide bonds. The number of sulfonamides is 1. The molecule has 1 aromatic carbocycles. The summed E-state index contributed by atoms with van der Waals surface area (Å²) in [5.41, 5.74) is -0.451. The highest BCUT2D eigenvalue weighted by Gasteiger charge is 2.17. The number of guanidine groups is 1. The average Bonchev–Trinajstić information content (AvgIpc) is 2.50. The van der Waals surface area contributed by atoms with Crippen LogP contribution >= 0.6 is 0 Å². The molecule has 1 rings (SSSR count). The summed E-state index contributed by atoms with van der Waals surface area (Å²) in [7, 11) is -3.83. The smallest absolute Gasteiger partial charge is 0.270 e. The predicted molar refractivity (Wildman–Crippen MR) is 97.2 cm³/mol. The van der Waals surface area contributed by atoms with Crippen molar-refractivity contribution in [2.24, 2.45) is 4.99 Å². The average molecular weight is 371 g/mol. The van der Waals surface area contributed by atoms with Gasteiger partial charge in [-0.15, -0.1) is 0 Å². The molecule has 9 nitrogen and oxygen atoms in total. The number of hydrogen-bond acceptors (Lipinski definition) is 5. The second kappa shape index (κ2) is 8.77. The zero-order valence-corrected chi connectivity index (χ0v) is 15.7. The number of rotatable bonds is 7. The first kappa shape index (κ1) is 20.8. The second-order valence-corrected chi connectivity index (χ2v) is 8.05. The van der Waals surface area contributed by atoms with Crippen LogP contribution in [-0.4, -0.2) is 44.5 Å². The molecule has 0 unspecified atom stereocenters. The van der Waals surface area contributed by atoms with Gasteiger partial charge in [-0.2, -0.15) is 0 Å². The van der Waals surface area contributed by atoms with E-state index in [9.17, 15) is 18.5 Å². The van der Waals surface area contributed by atoms with Crippen molar-refractivity contribution in [1.82, 2.24) is 15.4 Å². The molecule has 140 valence electrons. The molecule has 0 saturated heterocycles. The molecule has 0 heterocycles. The van der Waals surface area contributed by atoms with Crippen molar-refractivity contribution >= 4 is 21.7 Å². The Kier molecular flexibility index (Phi) is 7.31. The summed E-state index contributed by atoms with van der Waals surface area (Å²) < 4.78 is 26.8. The monoisotopic (exact) mass is 371 g/mol. The van der Waals surface area contributed by atoms with Crippen molar-refractivity contribution in [2.75, 3.05) is 19.6 Å². The van der Waals surface area contributed by atoms with Gasteiger partial charge >= 0.3 is 0 Å². The Morgan fingerprint density at radius 1 is 1.32 bits per heavy atom. The zero-order valence-electron chi connectivity index (χ0n) is 14.9. The summed E-state index contributed by atoms with van der Waals surface area (Å²) in [4.78, 5) is 14.3. The third-order valence-electron chi connectivity index (χ3n) is 2.85. The maximum absolute atomic E-state index is 12.2. The maximum Gasteiger partial charge on any atom is 0.270 e. The van der Waals surface area contributed by atoms with Crippen molar-refractivity contribution in [3.05, 3.63) is 34.4 Å². The van der Waals surface area contributed by atoms with E-state index in [2.05, 4.69) is 20.3 Å². The van der Waals surface area contributed by atoms with E-state index in [0.717, 1.165) is 6.07 Å². The molecule has 1 aromatic rings. The quantitative estimate of drug-likeness (QED) is 0.218. The molecule has 0 radical (unpaired) electrons. The molecule has 3 N–H and O–H groups in total. The van der Waals surface area contributed by atoms with Gasteiger partial charge in [0.2, 0.25) is 10.0 Å². The highest BCUT2D eigenvalue weighted by molar-refractivity contribution is 7.89. The van der Waals surface area contributed by atoms with E-state index in [0.29, 0.717) is 12.5 Å². The SMILES string of the molecule is CCNC(=NCCNS(=O)(=O)c1cccc([N+](=O)[O-])c1)NC(C)(C)C. The molecule has 0 aromatic heterocycles. The zero-order chi connectivity index (χ0) is 19.1. The molecule has 0 aliphatic heterocycles. The van der Waals surface area contributed by atoms with Crippen LogP contribution in [0, 0.1) is 10.1 Å². The number of nitro groups is 1. The van der Waals surface area contributed by atoms with Crippen LogP contribution in [0.5, 0.6) is 0 Å². The molecule has 25 heavy (non-hydrogen) atoms. The largest absolute Gasteiger partial charge is 0.357 e. The highest BCUT2D eigenvalue weighted by Crippen LogP contribution is 2.16. The minimum atomic E-state index is -3.83.